The third-order valence-corrected chi connectivity index (χ3v) is 9.40. The van der Waals surface area contributed by atoms with Crippen molar-refractivity contribution < 1.29 is 38.2 Å². The first kappa shape index (κ1) is 52.8. The number of nitrogens with zero attached hydrogens (tertiary/aromatic N) is 1. The number of carboxylic acids is 1. The maximum absolute atomic E-state index is 12.7. The first-order valence-corrected chi connectivity index (χ1v) is 22.0. The van der Waals surface area contributed by atoms with Gasteiger partial charge in [0.15, 0.2) is 12.1 Å². The molecule has 56 heavy (non-hydrogen) atoms. The van der Waals surface area contributed by atoms with E-state index in [0.717, 1.165) is 57.8 Å². The van der Waals surface area contributed by atoms with Crippen molar-refractivity contribution in [1.29, 1.82) is 0 Å². The van der Waals surface area contributed by atoms with Crippen molar-refractivity contribution >= 4 is 17.9 Å². The Labute approximate surface area is 342 Å². The standard InChI is InChI=1S/C48H81NO7/c1-6-8-10-12-14-16-18-20-22-23-25-27-29-31-33-35-37-39-47(51)56-44(42-54-41-40-45(48(52)53)49(3,4)5)43-55-46(50)38-36-34-32-30-28-26-24-21-19-17-15-13-11-9-7-2/h9,11,13,15,17,19-20,22,25,27,31,33,44-45H,6-8,10,12,14,16,18,21,23-24,26,28-30,32,34-43H2,1-5H3/p+1/b11-9+,15-13+,19-17+,22-20+,27-25+,33-31+. The van der Waals surface area contributed by atoms with Crippen LogP contribution < -0.4 is 0 Å². The van der Waals surface area contributed by atoms with E-state index in [-0.39, 0.29) is 42.7 Å². The van der Waals surface area contributed by atoms with Crippen LogP contribution in [0.4, 0.5) is 0 Å². The van der Waals surface area contributed by atoms with E-state index in [4.69, 9.17) is 14.2 Å². The van der Waals surface area contributed by atoms with Crippen molar-refractivity contribution in [2.45, 2.75) is 174 Å². The zero-order valence-electron chi connectivity index (χ0n) is 36.3. The molecule has 2 atom stereocenters. The van der Waals surface area contributed by atoms with Gasteiger partial charge in [0.1, 0.15) is 6.61 Å². The van der Waals surface area contributed by atoms with Gasteiger partial charge in [-0.05, 0) is 64.2 Å². The first-order valence-electron chi connectivity index (χ1n) is 22.0. The summed E-state index contributed by atoms with van der Waals surface area (Å²) in [6.45, 7) is 4.52. The number of esters is 2. The van der Waals surface area contributed by atoms with Crippen LogP contribution in [0.25, 0.3) is 0 Å². The van der Waals surface area contributed by atoms with E-state index in [1.807, 2.05) is 21.1 Å². The largest absolute Gasteiger partial charge is 0.477 e. The highest BCUT2D eigenvalue weighted by molar-refractivity contribution is 5.72. The highest BCUT2D eigenvalue weighted by Crippen LogP contribution is 2.13. The van der Waals surface area contributed by atoms with Crippen molar-refractivity contribution in [2.75, 3.05) is 41.0 Å². The summed E-state index contributed by atoms with van der Waals surface area (Å²) in [4.78, 5) is 36.9. The summed E-state index contributed by atoms with van der Waals surface area (Å²) in [6.07, 6.45) is 48.1. The molecule has 0 radical (unpaired) electrons. The molecular weight excluding hydrogens is 703 g/mol. The van der Waals surface area contributed by atoms with Gasteiger partial charge in [0.2, 0.25) is 0 Å². The van der Waals surface area contributed by atoms with Crippen molar-refractivity contribution in [3.8, 4) is 0 Å². The normalized spacial score (nSPS) is 13.7. The number of carbonyl (C=O) groups excluding carboxylic acids is 2. The predicted octanol–water partition coefficient (Wildman–Crippen LogP) is 12.0. The number of ether oxygens (including phenoxy) is 3. The highest BCUT2D eigenvalue weighted by Gasteiger charge is 2.31. The van der Waals surface area contributed by atoms with Crippen LogP contribution in [-0.2, 0) is 28.6 Å². The van der Waals surface area contributed by atoms with Gasteiger partial charge in [-0.25, -0.2) is 4.79 Å². The Kier molecular flexibility index (Phi) is 36.4. The zero-order chi connectivity index (χ0) is 41.4. The van der Waals surface area contributed by atoms with E-state index in [1.54, 1.807) is 0 Å². The minimum Gasteiger partial charge on any atom is -0.477 e. The molecule has 0 heterocycles. The molecule has 0 aliphatic carbocycles. The number of rotatable bonds is 38. The fourth-order valence-corrected chi connectivity index (χ4v) is 5.99. The Morgan fingerprint density at radius 3 is 1.68 bits per heavy atom. The predicted molar refractivity (Wildman–Crippen MR) is 233 cm³/mol. The van der Waals surface area contributed by atoms with Crippen LogP contribution in [-0.4, -0.2) is 80.6 Å². The molecule has 8 nitrogen and oxygen atoms in total. The molecule has 0 saturated carbocycles. The van der Waals surface area contributed by atoms with Crippen LogP contribution in [0.3, 0.4) is 0 Å². The summed E-state index contributed by atoms with van der Waals surface area (Å²) in [6, 6.07) is -0.628. The Balaban J connectivity index is 4.46. The van der Waals surface area contributed by atoms with Crippen LogP contribution in [0.2, 0.25) is 0 Å². The first-order chi connectivity index (χ1) is 27.1. The molecule has 0 aromatic rings. The second kappa shape index (κ2) is 38.6. The number of allylic oxidation sites excluding steroid dienone is 12. The fourth-order valence-electron chi connectivity index (χ4n) is 5.99. The van der Waals surface area contributed by atoms with Gasteiger partial charge >= 0.3 is 17.9 Å². The van der Waals surface area contributed by atoms with Gasteiger partial charge in [-0.1, -0.05) is 151 Å². The molecule has 0 bridgehead atoms. The highest BCUT2D eigenvalue weighted by atomic mass is 16.6. The molecule has 8 heteroatoms. The Morgan fingerprint density at radius 1 is 0.571 bits per heavy atom. The Hall–Kier alpha value is -3.23. The topological polar surface area (TPSA) is 99.1 Å². The van der Waals surface area contributed by atoms with Crippen LogP contribution in [0.1, 0.15) is 162 Å². The number of hydrogen-bond donors (Lipinski definition) is 1. The third kappa shape index (κ3) is 36.4. The second-order valence-electron chi connectivity index (χ2n) is 15.6. The Morgan fingerprint density at radius 2 is 1.09 bits per heavy atom. The minimum absolute atomic E-state index is 0.0335. The van der Waals surface area contributed by atoms with Gasteiger partial charge in [0, 0.05) is 19.3 Å². The molecule has 0 saturated heterocycles. The lowest BCUT2D eigenvalue weighted by atomic mass is 10.1. The second-order valence-corrected chi connectivity index (χ2v) is 15.6. The van der Waals surface area contributed by atoms with Crippen molar-refractivity contribution in [3.05, 3.63) is 72.9 Å². The summed E-state index contributed by atoms with van der Waals surface area (Å²) >= 11 is 0. The number of carboxylic acid groups (broad SMARTS) is 1. The summed E-state index contributed by atoms with van der Waals surface area (Å²) in [5.41, 5.74) is 0. The summed E-state index contributed by atoms with van der Waals surface area (Å²) < 4.78 is 17.2. The molecule has 0 aliphatic rings. The van der Waals surface area contributed by atoms with Crippen molar-refractivity contribution in [2.24, 2.45) is 0 Å². The molecule has 320 valence electrons. The van der Waals surface area contributed by atoms with Crippen molar-refractivity contribution in [1.82, 2.24) is 0 Å². The van der Waals surface area contributed by atoms with Crippen molar-refractivity contribution in [3.63, 3.8) is 0 Å². The van der Waals surface area contributed by atoms with E-state index in [1.165, 1.54) is 64.2 Å². The number of hydrogen-bond acceptors (Lipinski definition) is 6. The van der Waals surface area contributed by atoms with E-state index >= 15 is 0 Å². The number of quaternary nitrogens is 1. The fraction of sp³-hybridized carbons (Fsp3) is 0.688. The van der Waals surface area contributed by atoms with E-state index in [0.29, 0.717) is 19.3 Å². The quantitative estimate of drug-likeness (QED) is 0.0219. The smallest absolute Gasteiger partial charge is 0.362 e. The number of unbranched alkanes of at least 4 members (excludes halogenated alkanes) is 14. The number of likely N-dealkylation sites (N-methyl/N-ethyl adjacent to an activating group) is 1. The molecular formula is C48H82NO7+. The van der Waals surface area contributed by atoms with Crippen LogP contribution in [0.5, 0.6) is 0 Å². The molecule has 2 unspecified atom stereocenters. The van der Waals surface area contributed by atoms with Gasteiger partial charge in [-0.15, -0.1) is 0 Å². The maximum Gasteiger partial charge on any atom is 0.362 e. The number of aliphatic carboxylic acids is 1. The van der Waals surface area contributed by atoms with Gasteiger partial charge in [-0.2, -0.15) is 0 Å². The molecule has 0 aromatic heterocycles. The Bertz CT molecular complexity index is 1140. The van der Waals surface area contributed by atoms with Gasteiger partial charge in [0.25, 0.3) is 0 Å². The zero-order valence-corrected chi connectivity index (χ0v) is 36.3. The van der Waals surface area contributed by atoms with E-state index in [2.05, 4.69) is 86.8 Å². The lowest BCUT2D eigenvalue weighted by Gasteiger charge is -2.31. The average molecular weight is 785 g/mol. The lowest BCUT2D eigenvalue weighted by Crippen LogP contribution is -2.50. The van der Waals surface area contributed by atoms with Crippen LogP contribution >= 0.6 is 0 Å². The van der Waals surface area contributed by atoms with Crippen LogP contribution in [0.15, 0.2) is 72.9 Å². The molecule has 0 spiro atoms. The van der Waals surface area contributed by atoms with Crippen LogP contribution in [0, 0.1) is 0 Å². The molecule has 0 amide bonds. The minimum atomic E-state index is -0.887. The lowest BCUT2D eigenvalue weighted by molar-refractivity contribution is -0.887. The SMILES string of the molecule is CC/C=C/C=C/C=C/CCCCCCCCCC(=O)OCC(COCCC(C(=O)O)[N+](C)(C)C)OC(=O)CCC/C=C/C/C=C/C/C=C/CCCCCCCC. The number of carbonyl (C=O) groups is 3. The van der Waals surface area contributed by atoms with E-state index in [9.17, 15) is 19.5 Å². The molecule has 0 fully saturated rings. The average Bonchev–Trinajstić information content (AvgIpc) is 3.15. The van der Waals surface area contributed by atoms with Gasteiger partial charge in [0.05, 0.1) is 34.4 Å². The maximum atomic E-state index is 12.7. The van der Waals surface area contributed by atoms with E-state index < -0.39 is 18.1 Å². The summed E-state index contributed by atoms with van der Waals surface area (Å²) in [5, 5.41) is 9.61. The third-order valence-electron chi connectivity index (χ3n) is 9.40. The van der Waals surface area contributed by atoms with Gasteiger partial charge < -0.3 is 23.8 Å². The molecule has 0 rings (SSSR count). The molecule has 0 aromatic carbocycles. The monoisotopic (exact) mass is 785 g/mol. The molecule has 0 aliphatic heterocycles. The molecule has 1 N–H and O–H groups in total. The van der Waals surface area contributed by atoms with Gasteiger partial charge in [-0.3, -0.25) is 9.59 Å². The summed E-state index contributed by atoms with van der Waals surface area (Å²) in [7, 11) is 5.50. The summed E-state index contributed by atoms with van der Waals surface area (Å²) in [5.74, 6) is -1.56.